The fourth-order valence-electron chi connectivity index (χ4n) is 3.08. The minimum atomic E-state index is -3.69. The molecule has 0 atom stereocenters. The zero-order valence-corrected chi connectivity index (χ0v) is 21.9. The van der Waals surface area contributed by atoms with Crippen LogP contribution in [0.4, 0.5) is 0 Å². The molecule has 1 heterocycles. The quantitative estimate of drug-likeness (QED) is 0.510. The van der Waals surface area contributed by atoms with Gasteiger partial charge in [-0.1, -0.05) is 35.7 Å². The largest absolute Gasteiger partial charge is 0.345 e. The van der Waals surface area contributed by atoms with Crippen molar-refractivity contribution in [3.63, 3.8) is 0 Å². The molecule has 0 aliphatic carbocycles. The molecule has 0 fully saturated rings. The molecule has 2 N–H and O–H groups in total. The molecule has 0 saturated heterocycles. The molecule has 0 spiro atoms. The van der Waals surface area contributed by atoms with E-state index in [1.54, 1.807) is 38.4 Å². The summed E-state index contributed by atoms with van der Waals surface area (Å²) in [5.74, 6) is -1.13. The maximum Gasteiger partial charge on any atom is 0.253 e. The van der Waals surface area contributed by atoms with E-state index in [4.69, 9.17) is 0 Å². The van der Waals surface area contributed by atoms with Crippen LogP contribution in [0.5, 0.6) is 0 Å². The SMILES string of the molecule is CN(C)C(=O)c1cccc(C2=CSC(NC(=O)CNC(=O)c3cccc(S(=O)(=O)N(C)C)c3)=C=C2)c1. The van der Waals surface area contributed by atoms with Crippen molar-refractivity contribution < 1.29 is 22.8 Å². The van der Waals surface area contributed by atoms with E-state index in [1.165, 1.54) is 55.0 Å². The van der Waals surface area contributed by atoms with E-state index in [0.717, 1.165) is 15.4 Å². The zero-order valence-electron chi connectivity index (χ0n) is 20.2. The lowest BCUT2D eigenvalue weighted by molar-refractivity contribution is -0.119. The average Bonchev–Trinajstić information content (AvgIpc) is 2.87. The summed E-state index contributed by atoms with van der Waals surface area (Å²) in [6, 6.07) is 12.8. The molecule has 1 aliphatic rings. The normalized spacial score (nSPS) is 13.0. The second-order valence-corrected chi connectivity index (χ2v) is 11.2. The molecule has 2 aromatic rings. The molecule has 0 saturated carbocycles. The number of thioether (sulfide) groups is 1. The number of rotatable bonds is 8. The van der Waals surface area contributed by atoms with Gasteiger partial charge in [-0.15, -0.1) is 0 Å². The molecule has 0 bridgehead atoms. The van der Waals surface area contributed by atoms with Crippen molar-refractivity contribution in [2.75, 3.05) is 34.7 Å². The van der Waals surface area contributed by atoms with Gasteiger partial charge in [0.2, 0.25) is 15.9 Å². The molecule has 0 unspecified atom stereocenters. The van der Waals surface area contributed by atoms with Crippen LogP contribution in [0.15, 0.2) is 75.7 Å². The van der Waals surface area contributed by atoms with E-state index < -0.39 is 21.8 Å². The van der Waals surface area contributed by atoms with E-state index >= 15 is 0 Å². The molecule has 0 radical (unpaired) electrons. The number of sulfonamides is 1. The lowest BCUT2D eigenvalue weighted by atomic mass is 10.0. The lowest BCUT2D eigenvalue weighted by Crippen LogP contribution is -2.36. The summed E-state index contributed by atoms with van der Waals surface area (Å²) in [5, 5.41) is 7.44. The van der Waals surface area contributed by atoms with Gasteiger partial charge in [-0.2, -0.15) is 0 Å². The van der Waals surface area contributed by atoms with Gasteiger partial charge in [-0.3, -0.25) is 14.4 Å². The van der Waals surface area contributed by atoms with Crippen molar-refractivity contribution in [3.05, 3.63) is 87.5 Å². The first-order valence-electron chi connectivity index (χ1n) is 10.8. The highest BCUT2D eigenvalue weighted by Crippen LogP contribution is 2.27. The average molecular weight is 527 g/mol. The van der Waals surface area contributed by atoms with Gasteiger partial charge in [0.1, 0.15) is 5.03 Å². The number of amides is 3. The second-order valence-electron chi connectivity index (χ2n) is 8.14. The third-order valence-corrected chi connectivity index (χ3v) is 7.69. The van der Waals surface area contributed by atoms with Crippen molar-refractivity contribution in [1.82, 2.24) is 19.8 Å². The maximum atomic E-state index is 12.4. The second kappa shape index (κ2) is 11.4. The molecule has 1 aliphatic heterocycles. The standard InChI is InChI=1S/C25H26N4O5S2/c1-28(2)25(32)19-9-5-7-17(13-19)20-11-12-23(35-16-20)27-22(30)15-26-24(31)18-8-6-10-21(14-18)36(33,34)29(3)4/h5-11,13-14,16H,15H2,1-4H3,(H,26,31)(H,27,30). The molecule has 36 heavy (non-hydrogen) atoms. The molecule has 11 heteroatoms. The summed E-state index contributed by atoms with van der Waals surface area (Å²) in [7, 11) is 2.50. The fourth-order valence-corrected chi connectivity index (χ4v) is 4.78. The lowest BCUT2D eigenvalue weighted by Gasteiger charge is -2.13. The summed E-state index contributed by atoms with van der Waals surface area (Å²) in [6.45, 7) is -0.305. The van der Waals surface area contributed by atoms with Crippen LogP contribution < -0.4 is 10.6 Å². The van der Waals surface area contributed by atoms with E-state index in [9.17, 15) is 22.8 Å². The summed E-state index contributed by atoms with van der Waals surface area (Å²) in [5.41, 5.74) is 5.38. The van der Waals surface area contributed by atoms with Gasteiger partial charge in [0.15, 0.2) is 0 Å². The number of nitrogens with one attached hydrogen (secondary N) is 2. The molecular formula is C25H26N4O5S2. The topological polar surface area (TPSA) is 116 Å². The number of allylic oxidation sites excluding steroid dienone is 2. The predicted octanol–water partition coefficient (Wildman–Crippen LogP) is 2.27. The molecule has 0 aromatic heterocycles. The number of carbonyl (C=O) groups is 3. The summed E-state index contributed by atoms with van der Waals surface area (Å²) in [4.78, 5) is 38.5. The highest BCUT2D eigenvalue weighted by Gasteiger charge is 2.19. The van der Waals surface area contributed by atoms with Gasteiger partial charge in [0.05, 0.1) is 11.4 Å². The van der Waals surface area contributed by atoms with Crippen molar-refractivity contribution in [3.8, 4) is 0 Å². The van der Waals surface area contributed by atoms with Gasteiger partial charge in [0.25, 0.3) is 11.8 Å². The van der Waals surface area contributed by atoms with E-state index in [1.807, 2.05) is 11.5 Å². The van der Waals surface area contributed by atoms with Crippen LogP contribution >= 0.6 is 11.8 Å². The molecular weight excluding hydrogens is 500 g/mol. The Balaban J connectivity index is 1.60. The first kappa shape index (κ1) is 27.0. The minimum Gasteiger partial charge on any atom is -0.345 e. The first-order chi connectivity index (χ1) is 17.0. The Kier molecular flexibility index (Phi) is 8.54. The van der Waals surface area contributed by atoms with Crippen LogP contribution in [-0.2, 0) is 14.8 Å². The third kappa shape index (κ3) is 6.52. The highest BCUT2D eigenvalue weighted by atomic mass is 32.2. The number of nitrogens with zero attached hydrogens (tertiary/aromatic N) is 2. The number of hydrogen-bond donors (Lipinski definition) is 2. The molecule has 188 valence electrons. The summed E-state index contributed by atoms with van der Waals surface area (Å²) >= 11 is 1.25. The van der Waals surface area contributed by atoms with Gasteiger partial charge in [0, 0.05) is 39.3 Å². The Morgan fingerprint density at radius 3 is 2.31 bits per heavy atom. The van der Waals surface area contributed by atoms with Gasteiger partial charge < -0.3 is 15.5 Å². The molecule has 9 nitrogen and oxygen atoms in total. The Bertz CT molecular complexity index is 1410. The molecule has 3 amide bonds. The third-order valence-electron chi connectivity index (χ3n) is 5.05. The minimum absolute atomic E-state index is 0.0160. The van der Waals surface area contributed by atoms with Crippen LogP contribution in [-0.4, -0.2) is 70.1 Å². The van der Waals surface area contributed by atoms with Crippen LogP contribution in [0.25, 0.3) is 5.57 Å². The van der Waals surface area contributed by atoms with Crippen LogP contribution in [0.2, 0.25) is 0 Å². The van der Waals surface area contributed by atoms with Gasteiger partial charge in [-0.05, 0) is 53.0 Å². The smallest absolute Gasteiger partial charge is 0.253 e. The zero-order chi connectivity index (χ0) is 26.5. The van der Waals surface area contributed by atoms with E-state index in [2.05, 4.69) is 16.4 Å². The van der Waals surface area contributed by atoms with Gasteiger partial charge >= 0.3 is 0 Å². The van der Waals surface area contributed by atoms with Crippen molar-refractivity contribution in [1.29, 1.82) is 0 Å². The Hall–Kier alpha value is -3.63. The van der Waals surface area contributed by atoms with Crippen molar-refractivity contribution in [2.24, 2.45) is 0 Å². The molecule has 3 rings (SSSR count). The first-order valence-corrected chi connectivity index (χ1v) is 13.1. The molecule has 2 aromatic carbocycles. The maximum absolute atomic E-state index is 12.4. The number of benzene rings is 2. The van der Waals surface area contributed by atoms with Crippen molar-refractivity contribution in [2.45, 2.75) is 4.90 Å². The Morgan fingerprint density at radius 2 is 1.67 bits per heavy atom. The fraction of sp³-hybridized carbons (Fsp3) is 0.200. The summed E-state index contributed by atoms with van der Waals surface area (Å²) < 4.78 is 25.6. The Morgan fingerprint density at radius 1 is 0.972 bits per heavy atom. The Labute approximate surface area is 214 Å². The van der Waals surface area contributed by atoms with Crippen LogP contribution in [0.1, 0.15) is 26.3 Å². The number of carbonyl (C=O) groups excluding carboxylic acids is 3. The predicted molar refractivity (Wildman–Crippen MR) is 139 cm³/mol. The van der Waals surface area contributed by atoms with Crippen LogP contribution in [0.3, 0.4) is 0 Å². The monoisotopic (exact) mass is 526 g/mol. The van der Waals surface area contributed by atoms with Crippen molar-refractivity contribution >= 4 is 45.1 Å². The van der Waals surface area contributed by atoms with E-state index in [-0.39, 0.29) is 22.9 Å². The number of hydrogen-bond acceptors (Lipinski definition) is 6. The highest BCUT2D eigenvalue weighted by molar-refractivity contribution is 8.06. The van der Waals surface area contributed by atoms with E-state index in [0.29, 0.717) is 10.6 Å². The van der Waals surface area contributed by atoms with Crippen LogP contribution in [0, 0.1) is 0 Å². The summed E-state index contributed by atoms with van der Waals surface area (Å²) in [6.07, 6.45) is 1.71. The van der Waals surface area contributed by atoms with Gasteiger partial charge in [-0.25, -0.2) is 12.7 Å².